The van der Waals surface area contributed by atoms with Crippen molar-refractivity contribution < 1.29 is 4.79 Å². The average molecular weight is 378 g/mol. The summed E-state index contributed by atoms with van der Waals surface area (Å²) < 4.78 is 0. The van der Waals surface area contributed by atoms with Gasteiger partial charge in [0.25, 0.3) is 5.91 Å². The molecule has 0 aliphatic carbocycles. The molecule has 0 N–H and O–H groups in total. The molecule has 7 heteroatoms. The Kier molecular flexibility index (Phi) is 5.14. The lowest BCUT2D eigenvalue weighted by molar-refractivity contribution is 0.0750. The zero-order chi connectivity index (χ0) is 17.1. The molecule has 0 fully saturated rings. The maximum atomic E-state index is 12.8. The lowest BCUT2D eigenvalue weighted by Crippen LogP contribution is -2.32. The third kappa shape index (κ3) is 3.43. The predicted octanol–water partition coefficient (Wildman–Crippen LogP) is 4.71. The number of rotatable bonds is 4. The fourth-order valence-corrected chi connectivity index (χ4v) is 3.53. The van der Waals surface area contributed by atoms with Gasteiger partial charge in [0.15, 0.2) is 0 Å². The van der Waals surface area contributed by atoms with E-state index >= 15 is 0 Å². The molecule has 2 aromatic heterocycles. The number of halogens is 2. The number of pyridine rings is 1. The van der Waals surface area contributed by atoms with Crippen LogP contribution in [0.5, 0.6) is 0 Å². The second-order valence-electron chi connectivity index (χ2n) is 5.14. The van der Waals surface area contributed by atoms with Crippen LogP contribution in [0.4, 0.5) is 0 Å². The standard InChI is InChI=1S/C17H13Cl2N3OS/c1-22(17(23)15-9-24-10-21-15)16(11-3-2-6-20-8-11)13-5-4-12(18)7-14(13)19/h2-10,16H,1H3. The van der Waals surface area contributed by atoms with Crippen molar-refractivity contribution in [1.29, 1.82) is 0 Å². The van der Waals surface area contributed by atoms with Crippen LogP contribution < -0.4 is 0 Å². The first-order valence-electron chi connectivity index (χ1n) is 7.08. The molecule has 0 aliphatic heterocycles. The molecular formula is C17H13Cl2N3OS. The minimum absolute atomic E-state index is 0.184. The summed E-state index contributed by atoms with van der Waals surface area (Å²) in [6, 6.07) is 8.60. The zero-order valence-electron chi connectivity index (χ0n) is 12.7. The number of benzene rings is 1. The summed E-state index contributed by atoms with van der Waals surface area (Å²) in [4.78, 5) is 22.6. The number of hydrogen-bond acceptors (Lipinski definition) is 4. The molecule has 1 amide bonds. The van der Waals surface area contributed by atoms with Crippen LogP contribution >= 0.6 is 34.5 Å². The highest BCUT2D eigenvalue weighted by Gasteiger charge is 2.27. The van der Waals surface area contributed by atoms with Crippen LogP contribution in [0.1, 0.15) is 27.7 Å². The molecule has 3 rings (SSSR count). The van der Waals surface area contributed by atoms with E-state index in [1.165, 1.54) is 11.3 Å². The van der Waals surface area contributed by atoms with E-state index in [4.69, 9.17) is 23.2 Å². The summed E-state index contributed by atoms with van der Waals surface area (Å²) in [6.45, 7) is 0. The van der Waals surface area contributed by atoms with Crippen molar-refractivity contribution in [2.45, 2.75) is 6.04 Å². The molecule has 1 unspecified atom stereocenters. The van der Waals surface area contributed by atoms with Crippen molar-refractivity contribution >= 4 is 40.4 Å². The number of hydrogen-bond donors (Lipinski definition) is 0. The van der Waals surface area contributed by atoms with Crippen LogP contribution in [0.3, 0.4) is 0 Å². The topological polar surface area (TPSA) is 46.1 Å². The van der Waals surface area contributed by atoms with Gasteiger partial charge in [-0.1, -0.05) is 35.3 Å². The van der Waals surface area contributed by atoms with E-state index in [-0.39, 0.29) is 5.91 Å². The van der Waals surface area contributed by atoms with Gasteiger partial charge in [-0.3, -0.25) is 9.78 Å². The maximum absolute atomic E-state index is 12.8. The van der Waals surface area contributed by atoms with Crippen molar-refractivity contribution in [2.75, 3.05) is 7.05 Å². The Hall–Kier alpha value is -1.95. The van der Waals surface area contributed by atoms with Gasteiger partial charge in [0.1, 0.15) is 5.69 Å². The molecule has 24 heavy (non-hydrogen) atoms. The van der Waals surface area contributed by atoms with Gasteiger partial charge in [-0.25, -0.2) is 4.98 Å². The monoisotopic (exact) mass is 377 g/mol. The number of amides is 1. The third-order valence-electron chi connectivity index (χ3n) is 3.62. The maximum Gasteiger partial charge on any atom is 0.273 e. The van der Waals surface area contributed by atoms with Crippen LogP contribution in [0.15, 0.2) is 53.6 Å². The second-order valence-corrected chi connectivity index (χ2v) is 6.71. The summed E-state index contributed by atoms with van der Waals surface area (Å²) in [5.74, 6) is -0.184. The van der Waals surface area contributed by atoms with E-state index in [9.17, 15) is 4.79 Å². The molecular weight excluding hydrogens is 365 g/mol. The quantitative estimate of drug-likeness (QED) is 0.661. The molecule has 1 atom stereocenters. The van der Waals surface area contributed by atoms with Gasteiger partial charge in [0, 0.05) is 34.9 Å². The molecule has 0 saturated carbocycles. The fourth-order valence-electron chi connectivity index (χ4n) is 2.49. The van der Waals surface area contributed by atoms with Crippen LogP contribution in [-0.4, -0.2) is 27.8 Å². The minimum Gasteiger partial charge on any atom is -0.329 e. The number of carbonyl (C=O) groups excluding carboxylic acids is 1. The van der Waals surface area contributed by atoms with E-state index in [1.54, 1.807) is 47.4 Å². The molecule has 122 valence electrons. The molecule has 4 nitrogen and oxygen atoms in total. The third-order valence-corrected chi connectivity index (χ3v) is 4.77. The normalized spacial score (nSPS) is 12.0. The summed E-state index contributed by atoms with van der Waals surface area (Å²) in [5.41, 5.74) is 3.67. The Morgan fingerprint density at radius 2 is 2.12 bits per heavy atom. The molecule has 0 aliphatic rings. The van der Waals surface area contributed by atoms with E-state index in [1.807, 2.05) is 18.2 Å². The summed E-state index contributed by atoms with van der Waals surface area (Å²) in [6.07, 6.45) is 3.41. The first kappa shape index (κ1) is 16.9. The molecule has 0 radical (unpaired) electrons. The largest absolute Gasteiger partial charge is 0.329 e. The molecule has 0 spiro atoms. The van der Waals surface area contributed by atoms with Crippen LogP contribution in [0, 0.1) is 0 Å². The van der Waals surface area contributed by atoms with Crippen molar-refractivity contribution in [3.63, 3.8) is 0 Å². The number of carbonyl (C=O) groups is 1. The highest BCUT2D eigenvalue weighted by molar-refractivity contribution is 7.07. The Labute approximate surface area is 153 Å². The van der Waals surface area contributed by atoms with Gasteiger partial charge < -0.3 is 4.90 Å². The van der Waals surface area contributed by atoms with Gasteiger partial charge >= 0.3 is 0 Å². The summed E-state index contributed by atoms with van der Waals surface area (Å²) in [5, 5.41) is 2.76. The highest BCUT2D eigenvalue weighted by atomic mass is 35.5. The van der Waals surface area contributed by atoms with Gasteiger partial charge in [0.05, 0.1) is 11.6 Å². The minimum atomic E-state index is -0.391. The summed E-state index contributed by atoms with van der Waals surface area (Å²) in [7, 11) is 1.73. The molecule has 0 bridgehead atoms. The zero-order valence-corrected chi connectivity index (χ0v) is 15.0. The van der Waals surface area contributed by atoms with Gasteiger partial charge in [-0.05, 0) is 29.3 Å². The Morgan fingerprint density at radius 1 is 1.29 bits per heavy atom. The van der Waals surface area contributed by atoms with E-state index in [0.29, 0.717) is 15.7 Å². The SMILES string of the molecule is CN(C(=O)c1cscn1)C(c1cccnc1)c1ccc(Cl)cc1Cl. The van der Waals surface area contributed by atoms with Crippen molar-refractivity contribution in [3.8, 4) is 0 Å². The Bertz CT molecular complexity index is 840. The van der Waals surface area contributed by atoms with Crippen molar-refractivity contribution in [1.82, 2.24) is 14.9 Å². The van der Waals surface area contributed by atoms with Gasteiger partial charge in [-0.2, -0.15) is 0 Å². The van der Waals surface area contributed by atoms with E-state index < -0.39 is 6.04 Å². The molecule has 3 aromatic rings. The number of aromatic nitrogens is 2. The van der Waals surface area contributed by atoms with E-state index in [2.05, 4.69) is 9.97 Å². The van der Waals surface area contributed by atoms with Crippen LogP contribution in [0.25, 0.3) is 0 Å². The first-order valence-corrected chi connectivity index (χ1v) is 8.78. The van der Waals surface area contributed by atoms with Crippen LogP contribution in [-0.2, 0) is 0 Å². The number of thiazole rings is 1. The van der Waals surface area contributed by atoms with Gasteiger partial charge in [0.2, 0.25) is 0 Å². The number of nitrogens with zero attached hydrogens (tertiary/aromatic N) is 3. The fraction of sp³-hybridized carbons (Fsp3) is 0.118. The van der Waals surface area contributed by atoms with Crippen molar-refractivity contribution in [3.05, 3.63) is 80.5 Å². The smallest absolute Gasteiger partial charge is 0.273 e. The van der Waals surface area contributed by atoms with Crippen molar-refractivity contribution in [2.24, 2.45) is 0 Å². The second kappa shape index (κ2) is 7.30. The lowest BCUT2D eigenvalue weighted by Gasteiger charge is -2.29. The lowest BCUT2D eigenvalue weighted by atomic mass is 9.98. The summed E-state index contributed by atoms with van der Waals surface area (Å²) >= 11 is 13.8. The van der Waals surface area contributed by atoms with Gasteiger partial charge in [-0.15, -0.1) is 11.3 Å². The van der Waals surface area contributed by atoms with E-state index in [0.717, 1.165) is 11.1 Å². The van der Waals surface area contributed by atoms with Crippen LogP contribution in [0.2, 0.25) is 10.0 Å². The molecule has 2 heterocycles. The highest BCUT2D eigenvalue weighted by Crippen LogP contribution is 2.34. The Balaban J connectivity index is 2.07. The Morgan fingerprint density at radius 3 is 2.75 bits per heavy atom. The average Bonchev–Trinajstić information content (AvgIpc) is 3.12. The molecule has 1 aromatic carbocycles. The molecule has 0 saturated heterocycles. The first-order chi connectivity index (χ1) is 11.6. The predicted molar refractivity (Wildman–Crippen MR) is 96.7 cm³/mol.